The molecule has 24 heavy (non-hydrogen) atoms. The summed E-state index contributed by atoms with van der Waals surface area (Å²) in [7, 11) is 0. The first kappa shape index (κ1) is 15.0. The van der Waals surface area contributed by atoms with E-state index in [0.29, 0.717) is 11.2 Å². The molecule has 125 valence electrons. The fraction of sp³-hybridized carbons (Fsp3) is 0.385. The quantitative estimate of drug-likeness (QED) is 0.426. The first-order valence-corrected chi connectivity index (χ1v) is 7.14. The van der Waals surface area contributed by atoms with Crippen molar-refractivity contribution in [3.8, 4) is 5.95 Å². The van der Waals surface area contributed by atoms with Crippen molar-refractivity contribution in [2.45, 2.75) is 24.5 Å². The van der Waals surface area contributed by atoms with Crippen molar-refractivity contribution in [3.63, 3.8) is 0 Å². The lowest BCUT2D eigenvalue weighted by atomic mass is 10.1. The van der Waals surface area contributed by atoms with Crippen LogP contribution in [-0.4, -0.2) is 69.5 Å². The fourth-order valence-electron chi connectivity index (χ4n) is 2.67. The average molecular weight is 332 g/mol. The molecule has 11 nitrogen and oxygen atoms in total. The number of aromatic nitrogens is 6. The number of hydrogen-bond donors (Lipinski definition) is 4. The van der Waals surface area contributed by atoms with E-state index in [0.717, 1.165) is 0 Å². The lowest BCUT2D eigenvalue weighted by Crippen LogP contribution is -2.33. The van der Waals surface area contributed by atoms with E-state index in [1.54, 1.807) is 12.3 Å². The van der Waals surface area contributed by atoms with E-state index in [2.05, 4.69) is 26.2 Å². The van der Waals surface area contributed by atoms with Crippen molar-refractivity contribution >= 4 is 17.0 Å². The van der Waals surface area contributed by atoms with Gasteiger partial charge in [0.2, 0.25) is 0 Å². The average Bonchev–Trinajstić information content (AvgIpc) is 3.28. The second-order valence-corrected chi connectivity index (χ2v) is 5.35. The molecule has 4 atom stereocenters. The molecule has 0 unspecified atom stereocenters. The summed E-state index contributed by atoms with van der Waals surface area (Å²) in [6.45, 7) is -0.424. The molecule has 3 aromatic rings. The number of anilines is 1. The second kappa shape index (κ2) is 5.49. The van der Waals surface area contributed by atoms with E-state index < -0.39 is 31.1 Å². The molecule has 1 fully saturated rings. The SMILES string of the molecule is Nc1nc(-n2cc[c]n2)nc2c1ncn2[C@@H]1O[C@H](CO)[C@@H](O)[C@H]1O. The number of nitrogens with zero attached hydrogens (tertiary/aromatic N) is 6. The molecule has 11 heteroatoms. The molecule has 4 heterocycles. The molecule has 0 spiro atoms. The molecular weight excluding hydrogens is 318 g/mol. The Morgan fingerprint density at radius 3 is 2.79 bits per heavy atom. The highest BCUT2D eigenvalue weighted by atomic mass is 16.6. The molecule has 4 rings (SSSR count). The van der Waals surface area contributed by atoms with Crippen LogP contribution in [0.25, 0.3) is 17.1 Å². The monoisotopic (exact) mass is 332 g/mol. The normalized spacial score (nSPS) is 27.1. The Bertz CT molecular complexity index is 865. The number of aliphatic hydroxyl groups excluding tert-OH is 3. The molecule has 1 saturated heterocycles. The Morgan fingerprint density at radius 1 is 1.29 bits per heavy atom. The minimum Gasteiger partial charge on any atom is -0.394 e. The molecule has 5 N–H and O–H groups in total. The van der Waals surface area contributed by atoms with E-state index >= 15 is 0 Å². The van der Waals surface area contributed by atoms with Crippen LogP contribution >= 0.6 is 0 Å². The van der Waals surface area contributed by atoms with Gasteiger partial charge in [0.25, 0.3) is 5.95 Å². The van der Waals surface area contributed by atoms with Crippen LogP contribution in [0.1, 0.15) is 6.23 Å². The van der Waals surface area contributed by atoms with Gasteiger partial charge in [-0.3, -0.25) is 4.57 Å². The minimum atomic E-state index is -1.25. The van der Waals surface area contributed by atoms with Crippen LogP contribution < -0.4 is 5.73 Å². The maximum absolute atomic E-state index is 10.2. The Balaban J connectivity index is 1.82. The molecule has 0 aliphatic carbocycles. The number of nitrogens with two attached hydrogens (primary N) is 1. The number of rotatable bonds is 3. The standard InChI is InChI=1S/C13H14N7O4/c14-10-7-11(18-13(17-10)20-3-1-2-16-20)19(5-15-7)12-9(23)8(22)6(4-21)24-12/h1,3,5-6,8-9,12,21-23H,4H2,(H2,14,17,18)/t6-,8-,9-,12-/m1/s1. The predicted octanol–water partition coefficient (Wildman–Crippen LogP) is -1.99. The van der Waals surface area contributed by atoms with Crippen molar-refractivity contribution < 1.29 is 20.1 Å². The third-order valence-corrected chi connectivity index (χ3v) is 3.89. The molecular formula is C13H14N7O4. The van der Waals surface area contributed by atoms with E-state index in [-0.39, 0.29) is 11.8 Å². The summed E-state index contributed by atoms with van der Waals surface area (Å²) in [6.07, 6.45) is 1.28. The molecule has 3 aromatic heterocycles. The molecule has 1 aliphatic heterocycles. The largest absolute Gasteiger partial charge is 0.394 e. The number of nitrogen functional groups attached to an aromatic ring is 1. The number of hydrogen-bond acceptors (Lipinski definition) is 9. The number of ether oxygens (including phenoxy) is 1. The smallest absolute Gasteiger partial charge is 0.254 e. The van der Waals surface area contributed by atoms with Gasteiger partial charge in [-0.25, -0.2) is 9.67 Å². The fourth-order valence-corrected chi connectivity index (χ4v) is 2.67. The zero-order valence-electron chi connectivity index (χ0n) is 12.3. The summed E-state index contributed by atoms with van der Waals surface area (Å²) >= 11 is 0. The van der Waals surface area contributed by atoms with E-state index in [1.807, 2.05) is 0 Å². The maximum atomic E-state index is 10.2. The van der Waals surface area contributed by atoms with Crippen molar-refractivity contribution in [1.82, 2.24) is 29.3 Å². The van der Waals surface area contributed by atoms with E-state index in [1.165, 1.54) is 15.6 Å². The highest BCUT2D eigenvalue weighted by Gasteiger charge is 2.44. The number of imidazole rings is 1. The van der Waals surface area contributed by atoms with Crippen LogP contribution in [0.4, 0.5) is 5.82 Å². The van der Waals surface area contributed by atoms with Crippen LogP contribution in [0.15, 0.2) is 18.6 Å². The van der Waals surface area contributed by atoms with Crippen molar-refractivity contribution in [2.24, 2.45) is 0 Å². The van der Waals surface area contributed by atoms with Gasteiger partial charge in [0, 0.05) is 6.20 Å². The van der Waals surface area contributed by atoms with Gasteiger partial charge in [0.15, 0.2) is 17.7 Å². The van der Waals surface area contributed by atoms with Crippen LogP contribution in [0, 0.1) is 6.20 Å². The second-order valence-electron chi connectivity index (χ2n) is 5.35. The van der Waals surface area contributed by atoms with E-state index in [4.69, 9.17) is 10.5 Å². The summed E-state index contributed by atoms with van der Waals surface area (Å²) in [5.74, 6) is 0.339. The molecule has 1 aliphatic rings. The Hall–Kier alpha value is -2.60. The molecule has 1 radical (unpaired) electrons. The maximum Gasteiger partial charge on any atom is 0.254 e. The lowest BCUT2D eigenvalue weighted by molar-refractivity contribution is -0.0511. The molecule has 0 bridgehead atoms. The predicted molar refractivity (Wildman–Crippen MR) is 78.7 cm³/mol. The summed E-state index contributed by atoms with van der Waals surface area (Å²) in [5, 5.41) is 33.2. The Morgan fingerprint density at radius 2 is 2.12 bits per heavy atom. The van der Waals surface area contributed by atoms with Gasteiger partial charge < -0.3 is 25.8 Å². The lowest BCUT2D eigenvalue weighted by Gasteiger charge is -2.16. The summed E-state index contributed by atoms with van der Waals surface area (Å²) in [4.78, 5) is 12.6. The molecule has 0 saturated carbocycles. The van der Waals surface area contributed by atoms with Crippen molar-refractivity contribution in [1.29, 1.82) is 0 Å². The van der Waals surface area contributed by atoms with Gasteiger partial charge in [-0.05, 0) is 6.07 Å². The Labute approximate surface area is 135 Å². The summed E-state index contributed by atoms with van der Waals surface area (Å²) in [5.41, 5.74) is 6.55. The van der Waals surface area contributed by atoms with Gasteiger partial charge in [0.1, 0.15) is 30.0 Å². The third kappa shape index (κ3) is 2.14. The van der Waals surface area contributed by atoms with Gasteiger partial charge in [-0.15, -0.1) is 0 Å². The topological polar surface area (TPSA) is 157 Å². The van der Waals surface area contributed by atoms with Crippen LogP contribution in [0.5, 0.6) is 0 Å². The van der Waals surface area contributed by atoms with Crippen molar-refractivity contribution in [3.05, 3.63) is 24.8 Å². The van der Waals surface area contributed by atoms with Crippen molar-refractivity contribution in [2.75, 3.05) is 12.3 Å². The Kier molecular flexibility index (Phi) is 3.42. The van der Waals surface area contributed by atoms with Crippen LogP contribution in [0.3, 0.4) is 0 Å². The zero-order chi connectivity index (χ0) is 16.8. The first-order chi connectivity index (χ1) is 11.6. The number of aliphatic hydroxyl groups is 3. The minimum absolute atomic E-state index is 0.135. The molecule has 0 aromatic carbocycles. The van der Waals surface area contributed by atoms with Gasteiger partial charge in [0.05, 0.1) is 12.9 Å². The van der Waals surface area contributed by atoms with Crippen LogP contribution in [-0.2, 0) is 4.74 Å². The van der Waals surface area contributed by atoms with Crippen LogP contribution in [0.2, 0.25) is 0 Å². The highest BCUT2D eigenvalue weighted by Crippen LogP contribution is 2.32. The highest BCUT2D eigenvalue weighted by molar-refractivity contribution is 5.82. The molecule has 0 amide bonds. The summed E-state index contributed by atoms with van der Waals surface area (Å²) < 4.78 is 8.32. The summed E-state index contributed by atoms with van der Waals surface area (Å²) in [6, 6.07) is 1.59. The first-order valence-electron chi connectivity index (χ1n) is 7.14. The van der Waals surface area contributed by atoms with Gasteiger partial charge >= 0.3 is 0 Å². The van der Waals surface area contributed by atoms with Gasteiger partial charge in [-0.2, -0.15) is 15.1 Å². The number of fused-ring (bicyclic) bond motifs is 1. The van der Waals surface area contributed by atoms with Gasteiger partial charge in [-0.1, -0.05) is 0 Å². The van der Waals surface area contributed by atoms with E-state index in [9.17, 15) is 15.3 Å². The third-order valence-electron chi connectivity index (χ3n) is 3.89. The zero-order valence-corrected chi connectivity index (χ0v) is 12.3.